The molecule has 0 aromatic heterocycles. The van der Waals surface area contributed by atoms with Gasteiger partial charge in [0.15, 0.2) is 0 Å². The molecule has 0 unspecified atom stereocenters. The molecule has 0 radical (unpaired) electrons. The standard InChI is InChI=1S/C4H7IN/c1-4-3-6(4)5-2/h1,3H2,2H3/q-1. The van der Waals surface area contributed by atoms with Crippen LogP contribution in [0.5, 0.6) is 0 Å². The zero-order valence-electron chi connectivity index (χ0n) is 3.74. The molecule has 0 aromatic rings. The fourth-order valence-corrected chi connectivity index (χ4v) is 1.72. The van der Waals surface area contributed by atoms with Crippen molar-refractivity contribution in [2.24, 2.45) is 0 Å². The Morgan fingerprint density at radius 1 is 2.00 bits per heavy atom. The Morgan fingerprint density at radius 3 is 2.50 bits per heavy atom. The van der Waals surface area contributed by atoms with E-state index in [1.54, 1.807) is 0 Å². The van der Waals surface area contributed by atoms with Gasteiger partial charge in [0, 0.05) is 0 Å². The average Bonchev–Trinajstić information content (AvgIpc) is 2.19. The molecule has 0 amide bonds. The molecule has 1 heterocycles. The van der Waals surface area contributed by atoms with Crippen LogP contribution in [-0.4, -0.2) is 14.6 Å². The second kappa shape index (κ2) is 1.40. The van der Waals surface area contributed by atoms with Crippen molar-refractivity contribution in [3.8, 4) is 0 Å². The van der Waals surface area contributed by atoms with Gasteiger partial charge in [-0.2, -0.15) is 0 Å². The maximum absolute atomic E-state index is 3.77. The van der Waals surface area contributed by atoms with Gasteiger partial charge in [0.1, 0.15) is 0 Å². The Bertz CT molecular complexity index is 79.6. The van der Waals surface area contributed by atoms with Gasteiger partial charge in [-0.1, -0.05) is 0 Å². The van der Waals surface area contributed by atoms with E-state index in [1.165, 1.54) is 12.2 Å². The van der Waals surface area contributed by atoms with Gasteiger partial charge in [-0.3, -0.25) is 0 Å². The number of halogens is 1. The van der Waals surface area contributed by atoms with E-state index in [4.69, 9.17) is 0 Å². The summed E-state index contributed by atoms with van der Waals surface area (Å²) >= 11 is 0.352. The summed E-state index contributed by atoms with van der Waals surface area (Å²) in [6.07, 6.45) is 0. The first-order chi connectivity index (χ1) is 2.84. The summed E-state index contributed by atoms with van der Waals surface area (Å²) in [5.41, 5.74) is 1.34. The zero-order chi connectivity index (χ0) is 4.57. The topological polar surface area (TPSA) is 3.01 Å². The average molecular weight is 196 g/mol. The molecule has 0 atom stereocenters. The number of alkyl halides is 1. The van der Waals surface area contributed by atoms with Crippen LogP contribution >= 0.6 is 0 Å². The second-order valence-electron chi connectivity index (χ2n) is 1.26. The van der Waals surface area contributed by atoms with Crippen LogP contribution < -0.4 is 21.5 Å². The van der Waals surface area contributed by atoms with Gasteiger partial charge in [-0.25, -0.2) is 0 Å². The Balaban J connectivity index is 2.26. The Hall–Kier alpha value is 0.270. The monoisotopic (exact) mass is 196 g/mol. The fraction of sp³-hybridized carbons (Fsp3) is 0.500. The Labute approximate surface area is 48.6 Å². The molecule has 0 saturated carbocycles. The molecule has 0 aromatic carbocycles. The molecule has 0 bridgehead atoms. The zero-order valence-corrected chi connectivity index (χ0v) is 5.90. The van der Waals surface area contributed by atoms with Gasteiger partial charge in [-0.15, -0.1) is 0 Å². The summed E-state index contributed by atoms with van der Waals surface area (Å²) in [6, 6.07) is 0. The molecule has 6 heavy (non-hydrogen) atoms. The van der Waals surface area contributed by atoms with Crippen LogP contribution in [0.3, 0.4) is 0 Å². The van der Waals surface area contributed by atoms with Crippen LogP contribution in [0.4, 0.5) is 0 Å². The van der Waals surface area contributed by atoms with E-state index in [-0.39, 0.29) is 0 Å². The maximum atomic E-state index is 3.77. The molecule has 0 N–H and O–H groups in total. The molecule has 1 saturated heterocycles. The van der Waals surface area contributed by atoms with Crippen LogP contribution in [0.25, 0.3) is 0 Å². The normalized spacial score (nSPS) is 19.5. The predicted octanol–water partition coefficient (Wildman–Crippen LogP) is -2.55. The van der Waals surface area contributed by atoms with Gasteiger partial charge >= 0.3 is 48.3 Å². The van der Waals surface area contributed by atoms with Crippen molar-refractivity contribution in [1.29, 1.82) is 0 Å². The number of nitrogens with zero attached hydrogens (tertiary/aromatic N) is 1. The Kier molecular flexibility index (Phi) is 1.04. The van der Waals surface area contributed by atoms with Crippen LogP contribution in [-0.2, 0) is 0 Å². The predicted molar refractivity (Wildman–Crippen MR) is 21.8 cm³/mol. The molecule has 1 nitrogen and oxygen atoms in total. The summed E-state index contributed by atoms with van der Waals surface area (Å²) in [4.78, 5) is 2.25. The number of hydrogen-bond acceptors (Lipinski definition) is 1. The SMILES string of the molecule is C=C1CN1[I-]C. The van der Waals surface area contributed by atoms with Crippen molar-refractivity contribution in [3.05, 3.63) is 12.3 Å². The second-order valence-corrected chi connectivity index (χ2v) is 3.39. The molecule has 36 valence electrons. The van der Waals surface area contributed by atoms with E-state index in [0.29, 0.717) is 21.5 Å². The molecule has 1 rings (SSSR count). The van der Waals surface area contributed by atoms with Gasteiger partial charge in [0.05, 0.1) is 0 Å². The van der Waals surface area contributed by atoms with Gasteiger partial charge in [0.2, 0.25) is 0 Å². The number of hydrogen-bond donors (Lipinski definition) is 0. The summed E-state index contributed by atoms with van der Waals surface area (Å²) in [7, 11) is 0. The Morgan fingerprint density at radius 2 is 2.50 bits per heavy atom. The van der Waals surface area contributed by atoms with Crippen molar-refractivity contribution >= 4 is 0 Å². The number of rotatable bonds is 1. The summed E-state index contributed by atoms with van der Waals surface area (Å²) in [5, 5.41) is 0. The van der Waals surface area contributed by atoms with Gasteiger partial charge in [-0.05, 0) is 0 Å². The van der Waals surface area contributed by atoms with E-state index in [1.807, 2.05) is 0 Å². The van der Waals surface area contributed by atoms with E-state index in [0.717, 1.165) is 0 Å². The van der Waals surface area contributed by atoms with Crippen molar-refractivity contribution in [2.75, 3.05) is 11.5 Å². The van der Waals surface area contributed by atoms with E-state index in [2.05, 4.69) is 14.6 Å². The molecule has 0 aliphatic carbocycles. The van der Waals surface area contributed by atoms with E-state index in [9.17, 15) is 0 Å². The summed E-state index contributed by atoms with van der Waals surface area (Å²) < 4.78 is 2.33. The molecular weight excluding hydrogens is 189 g/mol. The molecule has 1 fully saturated rings. The molecule has 1 aliphatic heterocycles. The van der Waals surface area contributed by atoms with Crippen molar-refractivity contribution in [3.63, 3.8) is 0 Å². The third-order valence-electron chi connectivity index (χ3n) is 0.765. The van der Waals surface area contributed by atoms with Crippen LogP contribution in [0, 0.1) is 0 Å². The first-order valence-corrected chi connectivity index (χ1v) is 4.92. The van der Waals surface area contributed by atoms with Crippen molar-refractivity contribution in [2.45, 2.75) is 0 Å². The minimum absolute atomic E-state index is 0.352. The minimum atomic E-state index is 0.352. The van der Waals surface area contributed by atoms with Gasteiger partial charge < -0.3 is 0 Å². The van der Waals surface area contributed by atoms with Gasteiger partial charge in [0.25, 0.3) is 0 Å². The quantitative estimate of drug-likeness (QED) is 0.193. The molecule has 0 spiro atoms. The van der Waals surface area contributed by atoms with E-state index < -0.39 is 0 Å². The van der Waals surface area contributed by atoms with Crippen LogP contribution in [0.1, 0.15) is 0 Å². The van der Waals surface area contributed by atoms with Crippen molar-refractivity contribution in [1.82, 2.24) is 3.11 Å². The molecular formula is C4H7IN-. The summed E-state index contributed by atoms with van der Waals surface area (Å²) in [6.45, 7) is 4.96. The fourth-order valence-electron chi connectivity index (χ4n) is 0.304. The van der Waals surface area contributed by atoms with E-state index >= 15 is 0 Å². The molecule has 1 aliphatic rings. The van der Waals surface area contributed by atoms with Crippen molar-refractivity contribution < 1.29 is 21.5 Å². The first kappa shape index (κ1) is 4.43. The third-order valence-corrected chi connectivity index (χ3v) is 2.95. The third kappa shape index (κ3) is 0.668. The molecule has 2 heteroatoms. The van der Waals surface area contributed by atoms with Crippen LogP contribution in [0.15, 0.2) is 12.3 Å². The first-order valence-electron chi connectivity index (χ1n) is 1.79. The van der Waals surface area contributed by atoms with Crippen LogP contribution in [0.2, 0.25) is 0 Å². The summed E-state index contributed by atoms with van der Waals surface area (Å²) in [5.74, 6) is 0.